The fourth-order valence-electron chi connectivity index (χ4n) is 2.02. The Labute approximate surface area is 102 Å². The average Bonchev–Trinajstić information content (AvgIpc) is 2.35. The highest BCUT2D eigenvalue weighted by Gasteiger charge is 2.10. The van der Waals surface area contributed by atoms with Crippen molar-refractivity contribution in [1.82, 2.24) is 4.98 Å². The van der Waals surface area contributed by atoms with Gasteiger partial charge in [-0.3, -0.25) is 0 Å². The second-order valence-electron chi connectivity index (χ2n) is 4.05. The van der Waals surface area contributed by atoms with Crippen LogP contribution < -0.4 is 0 Å². The molecular weight excluding hydrogens is 230 g/mol. The van der Waals surface area contributed by atoms with Crippen LogP contribution in [0.15, 0.2) is 42.5 Å². The predicted molar refractivity (Wildman–Crippen MR) is 67.9 cm³/mol. The minimum Gasteiger partial charge on any atom is -0.508 e. The molecule has 1 aromatic heterocycles. The van der Waals surface area contributed by atoms with Crippen LogP contribution >= 0.6 is 0 Å². The molecule has 4 heteroatoms. The van der Waals surface area contributed by atoms with Crippen molar-refractivity contribution in [3.8, 4) is 5.75 Å². The number of phenolic OH excluding ortho intramolecular Hbond substituents is 1. The van der Waals surface area contributed by atoms with E-state index in [2.05, 4.69) is 4.98 Å². The lowest BCUT2D eigenvalue weighted by Gasteiger charge is -2.04. The fourth-order valence-corrected chi connectivity index (χ4v) is 2.02. The third-order valence-electron chi connectivity index (χ3n) is 2.85. The number of carboxylic acid groups (broad SMARTS) is 1. The Morgan fingerprint density at radius 3 is 2.67 bits per heavy atom. The molecule has 0 atom stereocenters. The van der Waals surface area contributed by atoms with E-state index in [1.165, 1.54) is 12.1 Å². The molecule has 3 rings (SSSR count). The number of nitrogens with zero attached hydrogens (tertiary/aromatic N) is 1. The van der Waals surface area contributed by atoms with E-state index in [1.807, 2.05) is 6.07 Å². The van der Waals surface area contributed by atoms with Crippen LogP contribution in [0.25, 0.3) is 21.8 Å². The highest BCUT2D eigenvalue weighted by Crippen LogP contribution is 2.24. The number of hydrogen-bond acceptors (Lipinski definition) is 3. The SMILES string of the molecule is O=C(O)c1cccc2cc3cc(O)ccc3nc12. The largest absolute Gasteiger partial charge is 0.508 e. The zero-order valence-corrected chi connectivity index (χ0v) is 9.29. The number of aromatic hydroxyl groups is 1. The van der Waals surface area contributed by atoms with Gasteiger partial charge in [0.2, 0.25) is 0 Å². The number of carboxylic acids is 1. The van der Waals surface area contributed by atoms with Gasteiger partial charge in [0.05, 0.1) is 16.6 Å². The van der Waals surface area contributed by atoms with Gasteiger partial charge in [-0.2, -0.15) is 0 Å². The van der Waals surface area contributed by atoms with Crippen molar-refractivity contribution in [2.75, 3.05) is 0 Å². The molecule has 0 saturated carbocycles. The average molecular weight is 239 g/mol. The maximum atomic E-state index is 11.1. The van der Waals surface area contributed by atoms with Gasteiger partial charge < -0.3 is 10.2 Å². The molecule has 88 valence electrons. The topological polar surface area (TPSA) is 70.4 Å². The highest BCUT2D eigenvalue weighted by molar-refractivity contribution is 6.04. The summed E-state index contributed by atoms with van der Waals surface area (Å²) < 4.78 is 0. The molecule has 0 unspecified atom stereocenters. The van der Waals surface area contributed by atoms with Gasteiger partial charge in [0.15, 0.2) is 0 Å². The number of fused-ring (bicyclic) bond motifs is 2. The Hall–Kier alpha value is -2.62. The summed E-state index contributed by atoms with van der Waals surface area (Å²) in [6.07, 6.45) is 0. The number of para-hydroxylation sites is 1. The fraction of sp³-hybridized carbons (Fsp3) is 0. The second-order valence-corrected chi connectivity index (χ2v) is 4.05. The van der Waals surface area contributed by atoms with Crippen molar-refractivity contribution >= 4 is 27.8 Å². The number of aromatic nitrogens is 1. The van der Waals surface area contributed by atoms with Crippen molar-refractivity contribution in [3.63, 3.8) is 0 Å². The monoisotopic (exact) mass is 239 g/mol. The molecule has 0 saturated heterocycles. The molecule has 1 heterocycles. The Morgan fingerprint density at radius 2 is 1.89 bits per heavy atom. The molecular formula is C14H9NO3. The van der Waals surface area contributed by atoms with Gasteiger partial charge in [0, 0.05) is 10.8 Å². The lowest BCUT2D eigenvalue weighted by atomic mass is 10.1. The van der Waals surface area contributed by atoms with Crippen molar-refractivity contribution in [2.24, 2.45) is 0 Å². The summed E-state index contributed by atoms with van der Waals surface area (Å²) in [6, 6.07) is 11.6. The Balaban J connectivity index is 2.44. The molecule has 2 aromatic carbocycles. The van der Waals surface area contributed by atoms with E-state index in [4.69, 9.17) is 5.11 Å². The lowest BCUT2D eigenvalue weighted by Crippen LogP contribution is -1.98. The molecule has 4 nitrogen and oxygen atoms in total. The van der Waals surface area contributed by atoms with Crippen LogP contribution in [0.4, 0.5) is 0 Å². The van der Waals surface area contributed by atoms with Gasteiger partial charge in [0.1, 0.15) is 5.75 Å². The first-order valence-electron chi connectivity index (χ1n) is 5.41. The summed E-state index contributed by atoms with van der Waals surface area (Å²) in [4.78, 5) is 15.5. The summed E-state index contributed by atoms with van der Waals surface area (Å²) in [6.45, 7) is 0. The van der Waals surface area contributed by atoms with E-state index < -0.39 is 5.97 Å². The zero-order chi connectivity index (χ0) is 12.7. The molecule has 2 N–H and O–H groups in total. The molecule has 0 aliphatic rings. The third-order valence-corrected chi connectivity index (χ3v) is 2.85. The molecule has 0 fully saturated rings. The minimum absolute atomic E-state index is 0.165. The summed E-state index contributed by atoms with van der Waals surface area (Å²) >= 11 is 0. The van der Waals surface area contributed by atoms with Gasteiger partial charge in [-0.05, 0) is 30.3 Å². The van der Waals surface area contributed by atoms with Crippen molar-refractivity contribution in [1.29, 1.82) is 0 Å². The summed E-state index contributed by atoms with van der Waals surface area (Å²) in [5.74, 6) is -0.829. The molecule has 3 aromatic rings. The smallest absolute Gasteiger partial charge is 0.337 e. The molecule has 0 bridgehead atoms. The van der Waals surface area contributed by atoms with E-state index in [1.54, 1.807) is 24.3 Å². The summed E-state index contributed by atoms with van der Waals surface area (Å²) in [5, 5.41) is 20.1. The van der Waals surface area contributed by atoms with Gasteiger partial charge in [0.25, 0.3) is 0 Å². The predicted octanol–water partition coefficient (Wildman–Crippen LogP) is 2.79. The maximum Gasteiger partial charge on any atom is 0.337 e. The molecule has 0 amide bonds. The van der Waals surface area contributed by atoms with Gasteiger partial charge >= 0.3 is 5.97 Å². The van der Waals surface area contributed by atoms with Crippen LogP contribution in [0.1, 0.15) is 10.4 Å². The van der Waals surface area contributed by atoms with Gasteiger partial charge in [-0.1, -0.05) is 12.1 Å². The maximum absolute atomic E-state index is 11.1. The third kappa shape index (κ3) is 1.55. The van der Waals surface area contributed by atoms with E-state index in [0.29, 0.717) is 11.0 Å². The number of pyridine rings is 1. The zero-order valence-electron chi connectivity index (χ0n) is 9.29. The van der Waals surface area contributed by atoms with Gasteiger partial charge in [-0.15, -0.1) is 0 Å². The lowest BCUT2D eigenvalue weighted by molar-refractivity contribution is 0.0699. The minimum atomic E-state index is -0.994. The molecule has 0 aliphatic carbocycles. The highest BCUT2D eigenvalue weighted by atomic mass is 16.4. The Kier molecular flexibility index (Phi) is 2.16. The Bertz CT molecular complexity index is 780. The first-order chi connectivity index (χ1) is 8.65. The van der Waals surface area contributed by atoms with Crippen molar-refractivity contribution in [3.05, 3.63) is 48.0 Å². The first-order valence-corrected chi connectivity index (χ1v) is 5.41. The van der Waals surface area contributed by atoms with E-state index in [9.17, 15) is 9.90 Å². The number of carbonyl (C=O) groups is 1. The second kappa shape index (κ2) is 3.70. The number of benzene rings is 2. The van der Waals surface area contributed by atoms with Crippen LogP contribution in [-0.2, 0) is 0 Å². The summed E-state index contributed by atoms with van der Waals surface area (Å²) in [5.41, 5.74) is 1.31. The number of aromatic carboxylic acids is 1. The van der Waals surface area contributed by atoms with Crippen LogP contribution in [0.3, 0.4) is 0 Å². The summed E-state index contributed by atoms with van der Waals surface area (Å²) in [7, 11) is 0. The van der Waals surface area contributed by atoms with Crippen molar-refractivity contribution < 1.29 is 15.0 Å². The number of rotatable bonds is 1. The van der Waals surface area contributed by atoms with Crippen molar-refractivity contribution in [2.45, 2.75) is 0 Å². The molecule has 0 spiro atoms. The molecule has 0 radical (unpaired) electrons. The standard InChI is InChI=1S/C14H9NO3/c16-10-4-5-12-9(7-10)6-8-2-1-3-11(14(17)18)13(8)15-12/h1-7,16H,(H,17,18). The van der Waals surface area contributed by atoms with Crippen LogP contribution in [0.2, 0.25) is 0 Å². The van der Waals surface area contributed by atoms with Crippen LogP contribution in [-0.4, -0.2) is 21.2 Å². The van der Waals surface area contributed by atoms with E-state index in [-0.39, 0.29) is 11.3 Å². The first kappa shape index (κ1) is 10.5. The van der Waals surface area contributed by atoms with Crippen LogP contribution in [0, 0.1) is 0 Å². The number of phenols is 1. The number of hydrogen-bond donors (Lipinski definition) is 2. The molecule has 18 heavy (non-hydrogen) atoms. The van der Waals surface area contributed by atoms with E-state index >= 15 is 0 Å². The Morgan fingerprint density at radius 1 is 1.06 bits per heavy atom. The van der Waals surface area contributed by atoms with E-state index in [0.717, 1.165) is 10.8 Å². The normalized spacial score (nSPS) is 10.9. The van der Waals surface area contributed by atoms with Gasteiger partial charge in [-0.25, -0.2) is 9.78 Å². The van der Waals surface area contributed by atoms with Crippen LogP contribution in [0.5, 0.6) is 5.75 Å². The quantitative estimate of drug-likeness (QED) is 0.640. The molecule has 0 aliphatic heterocycles.